The first-order valence-electron chi connectivity index (χ1n) is 8.46. The largest absolute Gasteiger partial charge is 0.340 e. The van der Waals surface area contributed by atoms with Crippen LogP contribution >= 0.6 is 11.3 Å². The molecule has 0 bridgehead atoms. The van der Waals surface area contributed by atoms with E-state index >= 15 is 0 Å². The van der Waals surface area contributed by atoms with Crippen molar-refractivity contribution in [2.45, 2.75) is 51.5 Å². The molecule has 0 N–H and O–H groups in total. The zero-order valence-corrected chi connectivity index (χ0v) is 14.5. The van der Waals surface area contributed by atoms with Crippen LogP contribution in [0, 0.1) is 6.92 Å². The topological polar surface area (TPSA) is 33.2 Å². The normalized spacial score (nSPS) is 17.6. The van der Waals surface area contributed by atoms with Crippen molar-refractivity contribution < 1.29 is 4.79 Å². The summed E-state index contributed by atoms with van der Waals surface area (Å²) in [6.45, 7) is 2.96. The van der Waals surface area contributed by atoms with Crippen LogP contribution in [0.2, 0.25) is 0 Å². The maximum absolute atomic E-state index is 12.5. The molecule has 0 spiro atoms. The summed E-state index contributed by atoms with van der Waals surface area (Å²) >= 11 is 1.74. The highest BCUT2D eigenvalue weighted by Crippen LogP contribution is 2.23. The fraction of sp³-hybridized carbons (Fsp3) is 0.474. The van der Waals surface area contributed by atoms with Crippen molar-refractivity contribution >= 4 is 17.2 Å². The van der Waals surface area contributed by atoms with Crippen molar-refractivity contribution in [3.05, 3.63) is 52.0 Å². The van der Waals surface area contributed by atoms with Crippen LogP contribution in [0.1, 0.15) is 41.8 Å². The van der Waals surface area contributed by atoms with Crippen molar-refractivity contribution in [3.8, 4) is 0 Å². The van der Waals surface area contributed by atoms with Gasteiger partial charge in [-0.05, 0) is 68.2 Å². The number of amides is 1. The Balaban J connectivity index is 1.51. The van der Waals surface area contributed by atoms with Crippen molar-refractivity contribution in [1.29, 1.82) is 0 Å². The summed E-state index contributed by atoms with van der Waals surface area (Å²) in [4.78, 5) is 20.2. The molecule has 0 saturated carbocycles. The van der Waals surface area contributed by atoms with E-state index in [1.807, 2.05) is 13.1 Å². The molecule has 1 fully saturated rings. The van der Waals surface area contributed by atoms with Crippen molar-refractivity contribution in [1.82, 2.24) is 9.88 Å². The number of hydrogen-bond donors (Lipinski definition) is 0. The van der Waals surface area contributed by atoms with E-state index in [1.165, 1.54) is 10.4 Å². The van der Waals surface area contributed by atoms with Gasteiger partial charge < -0.3 is 4.90 Å². The molecule has 2 aromatic rings. The van der Waals surface area contributed by atoms with Gasteiger partial charge in [-0.2, -0.15) is 0 Å². The van der Waals surface area contributed by atoms with Gasteiger partial charge >= 0.3 is 0 Å². The molecule has 0 unspecified atom stereocenters. The number of nitrogens with zero attached hydrogens (tertiary/aromatic N) is 2. The maximum atomic E-state index is 12.5. The molecule has 1 atom stereocenters. The van der Waals surface area contributed by atoms with Crippen LogP contribution in [0.25, 0.3) is 0 Å². The molecule has 3 nitrogen and oxygen atoms in total. The summed E-state index contributed by atoms with van der Waals surface area (Å²) in [5.74, 6) is 0.326. The predicted molar refractivity (Wildman–Crippen MR) is 94.7 cm³/mol. The molecule has 1 aliphatic rings. The fourth-order valence-corrected chi connectivity index (χ4v) is 4.09. The van der Waals surface area contributed by atoms with Crippen LogP contribution < -0.4 is 0 Å². The lowest BCUT2D eigenvalue weighted by atomic mass is 10.0. The number of aromatic nitrogens is 1. The summed E-state index contributed by atoms with van der Waals surface area (Å²) in [5.41, 5.74) is 2.40. The van der Waals surface area contributed by atoms with E-state index in [2.05, 4.69) is 39.5 Å². The van der Waals surface area contributed by atoms with E-state index in [4.69, 9.17) is 0 Å². The molecule has 3 rings (SSSR count). The highest BCUT2D eigenvalue weighted by atomic mass is 32.1. The molecule has 23 heavy (non-hydrogen) atoms. The van der Waals surface area contributed by atoms with Crippen molar-refractivity contribution in [2.24, 2.45) is 0 Å². The highest BCUT2D eigenvalue weighted by molar-refractivity contribution is 7.09. The van der Waals surface area contributed by atoms with Gasteiger partial charge in [0, 0.05) is 35.8 Å². The van der Waals surface area contributed by atoms with E-state index in [1.54, 1.807) is 11.3 Å². The molecule has 3 heterocycles. The molecule has 1 saturated heterocycles. The minimum atomic E-state index is 0.326. The Bertz CT molecular complexity index is 639. The number of carbonyl (C=O) groups is 1. The summed E-state index contributed by atoms with van der Waals surface area (Å²) in [6, 6.07) is 8.83. The monoisotopic (exact) mass is 328 g/mol. The summed E-state index contributed by atoms with van der Waals surface area (Å²) in [7, 11) is 0. The minimum absolute atomic E-state index is 0.326. The van der Waals surface area contributed by atoms with Gasteiger partial charge in [0.05, 0.1) is 0 Å². The Kier molecular flexibility index (Phi) is 5.44. The number of rotatable bonds is 6. The first kappa shape index (κ1) is 16.2. The Hall–Kier alpha value is -1.68. The molecule has 122 valence electrons. The number of hydrogen-bond acceptors (Lipinski definition) is 3. The van der Waals surface area contributed by atoms with Crippen LogP contribution in [0.3, 0.4) is 0 Å². The van der Waals surface area contributed by atoms with Crippen LogP contribution in [0.15, 0.2) is 35.8 Å². The second-order valence-electron chi connectivity index (χ2n) is 6.31. The Morgan fingerprint density at radius 3 is 3.09 bits per heavy atom. The Morgan fingerprint density at radius 2 is 2.30 bits per heavy atom. The van der Waals surface area contributed by atoms with Gasteiger partial charge in [-0.1, -0.05) is 6.07 Å². The molecular formula is C19H24N2OS. The van der Waals surface area contributed by atoms with E-state index in [9.17, 15) is 4.79 Å². The fourth-order valence-electron chi connectivity index (χ4n) is 3.39. The maximum Gasteiger partial charge on any atom is 0.223 e. The van der Waals surface area contributed by atoms with Crippen LogP contribution in [0.4, 0.5) is 0 Å². The van der Waals surface area contributed by atoms with E-state index in [0.29, 0.717) is 18.4 Å². The number of pyridine rings is 1. The molecular weight excluding hydrogens is 304 g/mol. The molecule has 2 aromatic heterocycles. The second kappa shape index (κ2) is 7.73. The quantitative estimate of drug-likeness (QED) is 0.803. The SMILES string of the molecule is Cc1cc(CC[C@H]2CCCN2C(=O)CCc2cccs2)ccn1. The first-order valence-corrected chi connectivity index (χ1v) is 9.34. The third-order valence-corrected chi connectivity index (χ3v) is 5.53. The average Bonchev–Trinajstić information content (AvgIpc) is 3.22. The average molecular weight is 328 g/mol. The number of thiophene rings is 1. The van der Waals surface area contributed by atoms with Crippen LogP contribution in [0.5, 0.6) is 0 Å². The molecule has 4 heteroatoms. The molecule has 1 amide bonds. The van der Waals surface area contributed by atoms with Gasteiger partial charge in [0.15, 0.2) is 0 Å². The van der Waals surface area contributed by atoms with Gasteiger partial charge in [0.25, 0.3) is 0 Å². The summed E-state index contributed by atoms with van der Waals surface area (Å²) < 4.78 is 0. The van der Waals surface area contributed by atoms with Gasteiger partial charge in [-0.3, -0.25) is 9.78 Å². The minimum Gasteiger partial charge on any atom is -0.340 e. The third-order valence-electron chi connectivity index (χ3n) is 4.59. The third kappa shape index (κ3) is 4.41. The van der Waals surface area contributed by atoms with Gasteiger partial charge in [-0.15, -0.1) is 11.3 Å². The van der Waals surface area contributed by atoms with E-state index in [0.717, 1.165) is 44.3 Å². The second-order valence-corrected chi connectivity index (χ2v) is 7.34. The molecule has 0 aromatic carbocycles. The zero-order chi connectivity index (χ0) is 16.1. The first-order chi connectivity index (χ1) is 11.2. The van der Waals surface area contributed by atoms with E-state index in [-0.39, 0.29) is 0 Å². The lowest BCUT2D eigenvalue weighted by Crippen LogP contribution is -2.35. The van der Waals surface area contributed by atoms with Gasteiger partial charge in [0.1, 0.15) is 0 Å². The predicted octanol–water partition coefficient (Wildman–Crippen LogP) is 4.01. The Morgan fingerprint density at radius 1 is 1.39 bits per heavy atom. The molecule has 0 radical (unpaired) electrons. The molecule has 1 aliphatic heterocycles. The zero-order valence-electron chi connectivity index (χ0n) is 13.7. The van der Waals surface area contributed by atoms with Gasteiger partial charge in [0.2, 0.25) is 5.91 Å². The number of aryl methyl sites for hydroxylation is 3. The van der Waals surface area contributed by atoms with Crippen LogP contribution in [-0.4, -0.2) is 28.4 Å². The smallest absolute Gasteiger partial charge is 0.223 e. The highest BCUT2D eigenvalue weighted by Gasteiger charge is 2.27. The summed E-state index contributed by atoms with van der Waals surface area (Å²) in [5, 5.41) is 2.08. The number of carbonyl (C=O) groups excluding carboxylic acids is 1. The lowest BCUT2D eigenvalue weighted by Gasteiger charge is -2.25. The van der Waals surface area contributed by atoms with Gasteiger partial charge in [-0.25, -0.2) is 0 Å². The summed E-state index contributed by atoms with van der Waals surface area (Å²) in [6.07, 6.45) is 7.79. The molecule has 0 aliphatic carbocycles. The lowest BCUT2D eigenvalue weighted by molar-refractivity contribution is -0.132. The van der Waals surface area contributed by atoms with Crippen molar-refractivity contribution in [3.63, 3.8) is 0 Å². The van der Waals surface area contributed by atoms with Crippen LogP contribution in [-0.2, 0) is 17.6 Å². The number of likely N-dealkylation sites (tertiary alicyclic amines) is 1. The van der Waals surface area contributed by atoms with Crippen molar-refractivity contribution in [2.75, 3.05) is 6.54 Å². The standard InChI is InChI=1S/C19H24N2OS/c1-15-14-16(10-11-20-15)6-7-17-4-2-12-21(17)19(22)9-8-18-5-3-13-23-18/h3,5,10-11,13-14,17H,2,4,6-9,12H2,1H3/t17-/m1/s1. The Labute approximate surface area is 142 Å². The van der Waals surface area contributed by atoms with E-state index < -0.39 is 0 Å².